The molecule has 0 bridgehead atoms. The molecule has 1 fully saturated rings. The van der Waals surface area contributed by atoms with Gasteiger partial charge in [-0.25, -0.2) is 0 Å². The average molecular weight is 335 g/mol. The Morgan fingerprint density at radius 1 is 1.29 bits per heavy atom. The minimum Gasteiger partial charge on any atom is -0.494 e. The number of aliphatic hydroxyl groups is 1. The molecule has 0 aliphatic carbocycles. The first kappa shape index (κ1) is 19.2. The van der Waals surface area contributed by atoms with Gasteiger partial charge in [0.05, 0.1) is 6.61 Å². The van der Waals surface area contributed by atoms with E-state index in [1.54, 1.807) is 0 Å². The fraction of sp³-hybridized carbons (Fsp3) is 0.684. The summed E-state index contributed by atoms with van der Waals surface area (Å²) in [7, 11) is 6.32. The average Bonchev–Trinajstić information content (AvgIpc) is 2.55. The van der Waals surface area contributed by atoms with Crippen LogP contribution < -0.4 is 4.74 Å². The molecular formula is C19H33N3O2. The predicted molar refractivity (Wildman–Crippen MR) is 98.5 cm³/mol. The molecule has 1 heterocycles. The zero-order valence-electron chi connectivity index (χ0n) is 15.4. The largest absolute Gasteiger partial charge is 0.494 e. The Morgan fingerprint density at radius 3 is 2.88 bits per heavy atom. The topological polar surface area (TPSA) is 39.2 Å². The molecule has 136 valence electrons. The summed E-state index contributed by atoms with van der Waals surface area (Å²) in [6.45, 7) is 6.18. The van der Waals surface area contributed by atoms with Crippen LogP contribution in [0.3, 0.4) is 0 Å². The molecule has 1 N–H and O–H groups in total. The molecule has 1 saturated heterocycles. The summed E-state index contributed by atoms with van der Waals surface area (Å²) < 4.78 is 5.88. The highest BCUT2D eigenvalue weighted by Gasteiger charge is 2.23. The number of nitrogens with zero attached hydrogens (tertiary/aromatic N) is 3. The molecule has 1 aromatic carbocycles. The number of rotatable bonds is 9. The maximum atomic E-state index is 9.22. The summed E-state index contributed by atoms with van der Waals surface area (Å²) in [5, 5.41) is 9.22. The molecule has 1 aromatic rings. The molecule has 1 unspecified atom stereocenters. The van der Waals surface area contributed by atoms with Gasteiger partial charge in [-0.15, -0.1) is 0 Å². The van der Waals surface area contributed by atoms with Crippen LogP contribution in [0.15, 0.2) is 24.3 Å². The van der Waals surface area contributed by atoms with E-state index in [0.29, 0.717) is 6.04 Å². The van der Waals surface area contributed by atoms with E-state index in [1.165, 1.54) is 5.56 Å². The molecule has 5 heteroatoms. The van der Waals surface area contributed by atoms with Gasteiger partial charge in [-0.05, 0) is 51.7 Å². The lowest BCUT2D eigenvalue weighted by Crippen LogP contribution is -2.51. The van der Waals surface area contributed by atoms with Crippen molar-refractivity contribution in [2.24, 2.45) is 0 Å². The summed E-state index contributed by atoms with van der Waals surface area (Å²) >= 11 is 0. The van der Waals surface area contributed by atoms with E-state index in [4.69, 9.17) is 4.74 Å². The number of benzene rings is 1. The van der Waals surface area contributed by atoms with Gasteiger partial charge < -0.3 is 19.6 Å². The Bertz CT molecular complexity index is 481. The summed E-state index contributed by atoms with van der Waals surface area (Å²) in [6, 6.07) is 8.91. The number of hydrogen-bond acceptors (Lipinski definition) is 5. The van der Waals surface area contributed by atoms with Crippen LogP contribution >= 0.6 is 0 Å². The quantitative estimate of drug-likeness (QED) is 0.693. The third kappa shape index (κ3) is 6.40. The van der Waals surface area contributed by atoms with E-state index >= 15 is 0 Å². The van der Waals surface area contributed by atoms with E-state index in [1.807, 2.05) is 6.07 Å². The third-order valence-electron chi connectivity index (χ3n) is 4.65. The van der Waals surface area contributed by atoms with Crippen LogP contribution in [0.5, 0.6) is 5.75 Å². The molecule has 0 saturated carbocycles. The molecule has 2 rings (SSSR count). The van der Waals surface area contributed by atoms with Gasteiger partial charge in [-0.1, -0.05) is 12.1 Å². The lowest BCUT2D eigenvalue weighted by molar-refractivity contribution is 0.0742. The third-order valence-corrected chi connectivity index (χ3v) is 4.65. The van der Waals surface area contributed by atoms with Crippen molar-refractivity contribution < 1.29 is 9.84 Å². The summed E-state index contributed by atoms with van der Waals surface area (Å²) in [5.74, 6) is 0.965. The van der Waals surface area contributed by atoms with Gasteiger partial charge in [0.15, 0.2) is 0 Å². The molecule has 5 nitrogen and oxygen atoms in total. The van der Waals surface area contributed by atoms with E-state index in [-0.39, 0.29) is 6.61 Å². The second-order valence-electron chi connectivity index (χ2n) is 7.03. The number of piperazine rings is 1. The van der Waals surface area contributed by atoms with Crippen LogP contribution in [0, 0.1) is 0 Å². The van der Waals surface area contributed by atoms with Crippen molar-refractivity contribution in [3.05, 3.63) is 29.8 Å². The molecule has 1 aliphatic rings. The minimum absolute atomic E-state index is 0.263. The zero-order chi connectivity index (χ0) is 17.4. The standard InChI is InChI=1S/C19H33N3O2/c1-20(2)9-5-13-24-19-7-4-6-17(14-19)15-22-11-10-21(3)18(16-22)8-12-23/h4,6-7,14,18,23H,5,8-13,15-16H2,1-3H3. The van der Waals surface area contributed by atoms with Crippen molar-refractivity contribution in [2.75, 3.05) is 60.5 Å². The van der Waals surface area contributed by atoms with Crippen molar-refractivity contribution in [3.63, 3.8) is 0 Å². The number of likely N-dealkylation sites (N-methyl/N-ethyl adjacent to an activating group) is 1. The van der Waals surface area contributed by atoms with Gasteiger partial charge in [0.1, 0.15) is 5.75 Å². The number of aliphatic hydroxyl groups excluding tert-OH is 1. The Morgan fingerprint density at radius 2 is 2.12 bits per heavy atom. The Kier molecular flexibility index (Phi) is 7.99. The Balaban J connectivity index is 1.83. The van der Waals surface area contributed by atoms with Crippen LogP contribution in [0.4, 0.5) is 0 Å². The van der Waals surface area contributed by atoms with Crippen molar-refractivity contribution in [3.8, 4) is 5.75 Å². The first-order valence-electron chi connectivity index (χ1n) is 8.98. The van der Waals surface area contributed by atoms with Crippen LogP contribution in [0.1, 0.15) is 18.4 Å². The Labute approximate surface area is 146 Å². The highest BCUT2D eigenvalue weighted by molar-refractivity contribution is 5.28. The van der Waals surface area contributed by atoms with Gasteiger partial charge in [-0.3, -0.25) is 4.90 Å². The Hall–Kier alpha value is -1.14. The van der Waals surface area contributed by atoms with Crippen LogP contribution in [-0.4, -0.2) is 86.4 Å². The fourth-order valence-corrected chi connectivity index (χ4v) is 3.18. The monoisotopic (exact) mass is 335 g/mol. The van der Waals surface area contributed by atoms with E-state index in [9.17, 15) is 5.11 Å². The minimum atomic E-state index is 0.263. The molecule has 24 heavy (non-hydrogen) atoms. The van der Waals surface area contributed by atoms with Gasteiger partial charge in [-0.2, -0.15) is 0 Å². The van der Waals surface area contributed by atoms with Crippen LogP contribution in [0.25, 0.3) is 0 Å². The van der Waals surface area contributed by atoms with Gasteiger partial charge in [0.2, 0.25) is 0 Å². The normalized spacial score (nSPS) is 19.8. The molecule has 0 amide bonds. The molecule has 0 aromatic heterocycles. The smallest absolute Gasteiger partial charge is 0.119 e. The van der Waals surface area contributed by atoms with Crippen LogP contribution in [0.2, 0.25) is 0 Å². The van der Waals surface area contributed by atoms with Crippen molar-refractivity contribution >= 4 is 0 Å². The van der Waals surface area contributed by atoms with E-state index < -0.39 is 0 Å². The van der Waals surface area contributed by atoms with Crippen molar-refractivity contribution in [1.82, 2.24) is 14.7 Å². The van der Waals surface area contributed by atoms with Gasteiger partial charge >= 0.3 is 0 Å². The maximum Gasteiger partial charge on any atom is 0.119 e. The molecule has 0 radical (unpaired) electrons. The SMILES string of the molecule is CN(C)CCCOc1cccc(CN2CCN(C)C(CCO)C2)c1. The molecular weight excluding hydrogens is 302 g/mol. The van der Waals surface area contributed by atoms with Crippen LogP contribution in [-0.2, 0) is 6.54 Å². The predicted octanol–water partition coefficient (Wildman–Crippen LogP) is 1.52. The highest BCUT2D eigenvalue weighted by Crippen LogP contribution is 2.18. The number of hydrogen-bond donors (Lipinski definition) is 1. The summed E-state index contributed by atoms with van der Waals surface area (Å²) in [4.78, 5) is 7.01. The summed E-state index contributed by atoms with van der Waals surface area (Å²) in [5.41, 5.74) is 1.30. The molecule has 1 atom stereocenters. The lowest BCUT2D eigenvalue weighted by Gasteiger charge is -2.39. The second-order valence-corrected chi connectivity index (χ2v) is 7.03. The second kappa shape index (κ2) is 9.99. The highest BCUT2D eigenvalue weighted by atomic mass is 16.5. The number of ether oxygens (including phenoxy) is 1. The van der Waals surface area contributed by atoms with Gasteiger partial charge in [0.25, 0.3) is 0 Å². The molecule has 0 spiro atoms. The first-order valence-corrected chi connectivity index (χ1v) is 8.98. The first-order chi connectivity index (χ1) is 11.6. The van der Waals surface area contributed by atoms with E-state index in [2.05, 4.69) is 54.0 Å². The molecule has 1 aliphatic heterocycles. The fourth-order valence-electron chi connectivity index (χ4n) is 3.18. The zero-order valence-corrected chi connectivity index (χ0v) is 15.4. The summed E-state index contributed by atoms with van der Waals surface area (Å²) in [6.07, 6.45) is 1.89. The maximum absolute atomic E-state index is 9.22. The lowest BCUT2D eigenvalue weighted by atomic mass is 10.1. The van der Waals surface area contributed by atoms with Gasteiger partial charge in [0, 0.05) is 45.4 Å². The van der Waals surface area contributed by atoms with E-state index in [0.717, 1.165) is 57.9 Å². The van der Waals surface area contributed by atoms with Crippen molar-refractivity contribution in [1.29, 1.82) is 0 Å². The van der Waals surface area contributed by atoms with Crippen molar-refractivity contribution in [2.45, 2.75) is 25.4 Å².